The number of carbonyl (C=O) groups excluding carboxylic acids is 1. The first-order valence-electron chi connectivity index (χ1n) is 10.5. The topological polar surface area (TPSA) is 50.8 Å². The molecule has 1 saturated heterocycles. The Bertz CT molecular complexity index is 1090. The highest BCUT2D eigenvalue weighted by atomic mass is 35.5. The Morgan fingerprint density at radius 1 is 0.968 bits per heavy atom. The number of nitrogens with one attached hydrogen (secondary N) is 1. The van der Waals surface area contributed by atoms with Gasteiger partial charge in [0.15, 0.2) is 17.2 Å². The molecular weight excluding hydrogens is 412 g/mol. The number of nitrogens with zero attached hydrogens (tertiary/aromatic N) is 1. The van der Waals surface area contributed by atoms with Gasteiger partial charge in [0.2, 0.25) is 5.91 Å². The van der Waals surface area contributed by atoms with Crippen molar-refractivity contribution in [2.24, 2.45) is 0 Å². The van der Waals surface area contributed by atoms with Gasteiger partial charge in [0, 0.05) is 16.8 Å². The predicted molar refractivity (Wildman–Crippen MR) is 122 cm³/mol. The van der Waals surface area contributed by atoms with E-state index < -0.39 is 5.66 Å². The first-order chi connectivity index (χ1) is 15.1. The molecule has 2 unspecified atom stereocenters. The summed E-state index contributed by atoms with van der Waals surface area (Å²) in [6.45, 7) is 4.91. The summed E-state index contributed by atoms with van der Waals surface area (Å²) in [7, 11) is 0. The van der Waals surface area contributed by atoms with E-state index in [0.29, 0.717) is 29.7 Å². The molecule has 0 radical (unpaired) electrons. The SMILES string of the molecule is CCOc1cc2c(cc1OCC)N1C(=O)C2C1(Nc1ccc(Cl)cc1)c1ccccc1. The van der Waals surface area contributed by atoms with Gasteiger partial charge in [0.25, 0.3) is 0 Å². The van der Waals surface area contributed by atoms with Crippen molar-refractivity contribution in [3.63, 3.8) is 0 Å². The van der Waals surface area contributed by atoms with Crippen molar-refractivity contribution < 1.29 is 14.3 Å². The van der Waals surface area contributed by atoms with Gasteiger partial charge in [-0.25, -0.2) is 0 Å². The number of benzene rings is 3. The summed E-state index contributed by atoms with van der Waals surface area (Å²) in [6.07, 6.45) is 0. The third kappa shape index (κ3) is 2.87. The van der Waals surface area contributed by atoms with Gasteiger partial charge in [-0.1, -0.05) is 41.9 Å². The third-order valence-corrected chi connectivity index (χ3v) is 6.13. The molecule has 158 valence electrons. The molecule has 1 N–H and O–H groups in total. The standard InChI is InChI=1S/C25H23ClN2O3/c1-3-30-21-14-19-20(15-22(21)31-4-2)28-24(29)23(19)25(28,16-8-6-5-7-9-16)27-18-12-10-17(26)11-13-18/h5-15,23,27H,3-4H2,1-2H3. The van der Waals surface area contributed by atoms with Gasteiger partial charge in [0.1, 0.15) is 5.92 Å². The lowest BCUT2D eigenvalue weighted by atomic mass is 9.76. The highest BCUT2D eigenvalue weighted by Crippen LogP contribution is 2.63. The second-order valence-corrected chi connectivity index (χ2v) is 8.03. The van der Waals surface area contributed by atoms with Gasteiger partial charge in [-0.3, -0.25) is 9.69 Å². The molecule has 0 aromatic heterocycles. The van der Waals surface area contributed by atoms with Gasteiger partial charge in [-0.05, 0) is 55.3 Å². The molecule has 2 heterocycles. The van der Waals surface area contributed by atoms with Crippen LogP contribution in [0.2, 0.25) is 5.02 Å². The average Bonchev–Trinajstić information content (AvgIpc) is 3.23. The Morgan fingerprint density at radius 2 is 1.61 bits per heavy atom. The van der Waals surface area contributed by atoms with Gasteiger partial charge in [0.05, 0.1) is 18.9 Å². The highest BCUT2D eigenvalue weighted by Gasteiger charge is 2.68. The Balaban J connectivity index is 1.66. The fourth-order valence-electron chi connectivity index (χ4n) is 4.68. The molecule has 2 bridgehead atoms. The van der Waals surface area contributed by atoms with Crippen LogP contribution in [-0.2, 0) is 10.5 Å². The molecule has 1 amide bonds. The van der Waals surface area contributed by atoms with E-state index in [9.17, 15) is 4.79 Å². The number of anilines is 2. The zero-order valence-electron chi connectivity index (χ0n) is 17.4. The van der Waals surface area contributed by atoms with Gasteiger partial charge >= 0.3 is 0 Å². The average molecular weight is 435 g/mol. The Kier molecular flexibility index (Phi) is 4.78. The maximum atomic E-state index is 13.2. The van der Waals surface area contributed by atoms with Crippen molar-refractivity contribution in [2.75, 3.05) is 23.4 Å². The zero-order chi connectivity index (χ0) is 21.6. The van der Waals surface area contributed by atoms with Gasteiger partial charge in [-0.2, -0.15) is 0 Å². The molecule has 3 aromatic rings. The van der Waals surface area contributed by atoms with Crippen LogP contribution in [0.25, 0.3) is 0 Å². The van der Waals surface area contributed by atoms with Crippen molar-refractivity contribution in [1.29, 1.82) is 0 Å². The molecule has 0 spiro atoms. The van der Waals surface area contributed by atoms with Crippen LogP contribution in [0.5, 0.6) is 11.5 Å². The van der Waals surface area contributed by atoms with E-state index in [-0.39, 0.29) is 11.8 Å². The number of rotatable bonds is 7. The lowest BCUT2D eigenvalue weighted by Crippen LogP contribution is -2.67. The minimum atomic E-state index is -0.719. The monoisotopic (exact) mass is 434 g/mol. The maximum Gasteiger partial charge on any atom is 0.241 e. The highest BCUT2D eigenvalue weighted by molar-refractivity contribution is 6.30. The summed E-state index contributed by atoms with van der Waals surface area (Å²) in [5, 5.41) is 4.31. The van der Waals surface area contributed by atoms with Crippen LogP contribution in [0.15, 0.2) is 66.7 Å². The van der Waals surface area contributed by atoms with E-state index >= 15 is 0 Å². The largest absolute Gasteiger partial charge is 0.490 e. The third-order valence-electron chi connectivity index (χ3n) is 5.88. The van der Waals surface area contributed by atoms with Crippen molar-refractivity contribution in [1.82, 2.24) is 0 Å². The molecule has 3 aromatic carbocycles. The van der Waals surface area contributed by atoms with Crippen molar-refractivity contribution in [3.05, 3.63) is 82.9 Å². The van der Waals surface area contributed by atoms with Crippen molar-refractivity contribution in [3.8, 4) is 11.5 Å². The van der Waals surface area contributed by atoms with E-state index in [1.165, 1.54) is 0 Å². The molecule has 5 rings (SSSR count). The van der Waals surface area contributed by atoms with E-state index in [1.54, 1.807) is 0 Å². The van der Waals surface area contributed by atoms with E-state index in [4.69, 9.17) is 21.1 Å². The number of fused-ring (bicyclic) bond motifs is 5. The molecule has 2 aliphatic heterocycles. The normalized spacial score (nSPS) is 20.8. The lowest BCUT2D eigenvalue weighted by molar-refractivity contribution is -0.128. The van der Waals surface area contributed by atoms with Crippen molar-refractivity contribution >= 4 is 28.9 Å². The quantitative estimate of drug-likeness (QED) is 0.495. The zero-order valence-corrected chi connectivity index (χ0v) is 18.1. The first-order valence-corrected chi connectivity index (χ1v) is 10.8. The summed E-state index contributed by atoms with van der Waals surface area (Å²) in [5.74, 6) is 1.02. The molecule has 2 atom stereocenters. The first kappa shape index (κ1) is 19.8. The molecule has 5 nitrogen and oxygen atoms in total. The van der Waals surface area contributed by atoms with E-state index in [1.807, 2.05) is 85.5 Å². The summed E-state index contributed by atoms with van der Waals surface area (Å²) >= 11 is 6.09. The van der Waals surface area contributed by atoms with Crippen LogP contribution in [0.4, 0.5) is 11.4 Å². The summed E-state index contributed by atoms with van der Waals surface area (Å²) < 4.78 is 11.7. The van der Waals surface area contributed by atoms with E-state index in [2.05, 4.69) is 5.32 Å². The Labute approximate surface area is 186 Å². The number of β-lactam (4-membered cyclic amide) rings is 1. The van der Waals surface area contributed by atoms with Crippen LogP contribution in [0.3, 0.4) is 0 Å². The number of hydrogen-bond donors (Lipinski definition) is 1. The number of carbonyl (C=O) groups is 1. The van der Waals surface area contributed by atoms with Crippen LogP contribution in [0, 0.1) is 0 Å². The molecule has 6 heteroatoms. The number of hydrogen-bond acceptors (Lipinski definition) is 4. The molecule has 1 fully saturated rings. The van der Waals surface area contributed by atoms with Crippen LogP contribution >= 0.6 is 11.6 Å². The molecule has 0 aliphatic carbocycles. The van der Waals surface area contributed by atoms with Gasteiger partial charge in [-0.15, -0.1) is 0 Å². The summed E-state index contributed by atoms with van der Waals surface area (Å²) in [6, 6.07) is 21.5. The lowest BCUT2D eigenvalue weighted by Gasteiger charge is -2.52. The Morgan fingerprint density at radius 3 is 2.26 bits per heavy atom. The van der Waals surface area contributed by atoms with Crippen LogP contribution < -0.4 is 19.7 Å². The fourth-order valence-corrected chi connectivity index (χ4v) is 4.81. The minimum Gasteiger partial charge on any atom is -0.490 e. The molecule has 0 saturated carbocycles. The van der Waals surface area contributed by atoms with Crippen LogP contribution in [-0.4, -0.2) is 19.1 Å². The second kappa shape index (κ2) is 7.50. The molecule has 2 aliphatic rings. The molecular formula is C25H23ClN2O3. The number of amides is 1. The van der Waals surface area contributed by atoms with Gasteiger partial charge < -0.3 is 14.8 Å². The molecule has 31 heavy (non-hydrogen) atoms. The van der Waals surface area contributed by atoms with Crippen LogP contribution in [0.1, 0.15) is 30.9 Å². The number of halogens is 1. The second-order valence-electron chi connectivity index (χ2n) is 7.59. The summed E-state index contributed by atoms with van der Waals surface area (Å²) in [5.41, 5.74) is 2.98. The Hall–Kier alpha value is -3.18. The minimum absolute atomic E-state index is 0.0661. The smallest absolute Gasteiger partial charge is 0.241 e. The van der Waals surface area contributed by atoms with Crippen molar-refractivity contribution in [2.45, 2.75) is 25.4 Å². The van der Waals surface area contributed by atoms with E-state index in [0.717, 1.165) is 22.5 Å². The fraction of sp³-hybridized carbons (Fsp3) is 0.240. The predicted octanol–water partition coefficient (Wildman–Crippen LogP) is 5.55. The number of ether oxygens (including phenoxy) is 2. The maximum absolute atomic E-state index is 13.2. The summed E-state index contributed by atoms with van der Waals surface area (Å²) in [4.78, 5) is 15.1.